The van der Waals surface area contributed by atoms with Crippen molar-refractivity contribution >= 4 is 45.5 Å². The van der Waals surface area contributed by atoms with Crippen LogP contribution in [-0.4, -0.2) is 22.9 Å². The number of anilines is 1. The first-order valence-electron chi connectivity index (χ1n) is 8.49. The van der Waals surface area contributed by atoms with E-state index < -0.39 is 17.8 Å². The van der Waals surface area contributed by atoms with E-state index >= 15 is 0 Å². The summed E-state index contributed by atoms with van der Waals surface area (Å²) in [6, 6.07) is 16.5. The first kappa shape index (κ1) is 18.7. The highest BCUT2D eigenvalue weighted by molar-refractivity contribution is 9.10. The van der Waals surface area contributed by atoms with Gasteiger partial charge in [-0.1, -0.05) is 40.2 Å². The molecule has 0 radical (unpaired) electrons. The maximum Gasteiger partial charge on any atom is 0.336 e. The van der Waals surface area contributed by atoms with Crippen LogP contribution in [0.1, 0.15) is 16.1 Å². The summed E-state index contributed by atoms with van der Waals surface area (Å²) < 4.78 is 6.45. The summed E-state index contributed by atoms with van der Waals surface area (Å²) >= 11 is 3.33. The molecule has 8 heteroatoms. The Morgan fingerprint density at radius 3 is 2.62 bits per heavy atom. The zero-order chi connectivity index (χ0) is 20.5. The Balaban J connectivity index is 1.65. The molecular formula is C21H13BrN2O5. The second-order valence-corrected chi connectivity index (χ2v) is 7.09. The van der Waals surface area contributed by atoms with Gasteiger partial charge in [0, 0.05) is 10.0 Å². The summed E-state index contributed by atoms with van der Waals surface area (Å²) in [6.07, 6.45) is 1.34. The number of carboxylic acids is 1. The molecule has 2 N–H and O–H groups in total. The van der Waals surface area contributed by atoms with E-state index in [1.165, 1.54) is 12.1 Å². The molecule has 1 aliphatic rings. The van der Waals surface area contributed by atoms with E-state index in [0.717, 1.165) is 9.48 Å². The Bertz CT molecular complexity index is 1180. The van der Waals surface area contributed by atoms with Crippen molar-refractivity contribution in [3.05, 3.63) is 82.0 Å². The van der Waals surface area contributed by atoms with Crippen LogP contribution < -0.4 is 10.4 Å². The van der Waals surface area contributed by atoms with E-state index in [1.54, 1.807) is 48.5 Å². The lowest BCUT2D eigenvalue weighted by atomic mass is 10.1. The molecule has 0 spiro atoms. The van der Waals surface area contributed by atoms with Crippen LogP contribution in [-0.2, 0) is 9.59 Å². The molecule has 4 rings (SSSR count). The molecular weight excluding hydrogens is 440 g/mol. The van der Waals surface area contributed by atoms with Crippen LogP contribution in [0, 0.1) is 0 Å². The Morgan fingerprint density at radius 2 is 1.86 bits per heavy atom. The first-order chi connectivity index (χ1) is 13.9. The van der Waals surface area contributed by atoms with E-state index in [4.69, 9.17) is 4.42 Å². The Morgan fingerprint density at radius 1 is 1.07 bits per heavy atom. The van der Waals surface area contributed by atoms with Crippen molar-refractivity contribution < 1.29 is 23.9 Å². The molecule has 0 atom stereocenters. The average molecular weight is 453 g/mol. The van der Waals surface area contributed by atoms with Gasteiger partial charge in [0.15, 0.2) is 0 Å². The van der Waals surface area contributed by atoms with Gasteiger partial charge in [-0.05, 0) is 42.5 Å². The zero-order valence-corrected chi connectivity index (χ0v) is 16.3. The van der Waals surface area contributed by atoms with Gasteiger partial charge in [-0.25, -0.2) is 9.80 Å². The molecule has 1 fully saturated rings. The average Bonchev–Trinajstić information content (AvgIpc) is 3.28. The van der Waals surface area contributed by atoms with Crippen LogP contribution in [0.15, 0.2) is 75.1 Å². The van der Waals surface area contributed by atoms with Crippen molar-refractivity contribution in [3.8, 4) is 11.3 Å². The van der Waals surface area contributed by atoms with E-state index in [2.05, 4.69) is 21.4 Å². The Labute approximate surface area is 173 Å². The lowest BCUT2D eigenvalue weighted by Crippen LogP contribution is -2.35. The molecule has 1 aliphatic heterocycles. The number of benzene rings is 2. The molecule has 7 nitrogen and oxygen atoms in total. The van der Waals surface area contributed by atoms with Crippen LogP contribution >= 0.6 is 15.9 Å². The van der Waals surface area contributed by atoms with E-state index in [1.807, 2.05) is 6.07 Å². The van der Waals surface area contributed by atoms with Crippen molar-refractivity contribution in [1.82, 2.24) is 5.43 Å². The van der Waals surface area contributed by atoms with Gasteiger partial charge in [0.05, 0.1) is 11.3 Å². The number of hydrazine groups is 1. The van der Waals surface area contributed by atoms with Crippen LogP contribution in [0.2, 0.25) is 0 Å². The molecule has 0 bridgehead atoms. The summed E-state index contributed by atoms with van der Waals surface area (Å²) in [4.78, 5) is 36.4. The summed E-state index contributed by atoms with van der Waals surface area (Å²) in [5, 5.41) is 10.5. The SMILES string of the molecule is O=C1NN(c2cccc(Br)c2)C(=O)/C1=C/c1ccc(-c2ccccc2C(=O)O)o1. The highest BCUT2D eigenvalue weighted by atomic mass is 79.9. The Kier molecular flexibility index (Phi) is 4.77. The predicted molar refractivity (Wildman–Crippen MR) is 109 cm³/mol. The fourth-order valence-corrected chi connectivity index (χ4v) is 3.34. The fourth-order valence-electron chi connectivity index (χ4n) is 2.96. The van der Waals surface area contributed by atoms with Crippen LogP contribution in [0.3, 0.4) is 0 Å². The topological polar surface area (TPSA) is 99.9 Å². The lowest BCUT2D eigenvalue weighted by molar-refractivity contribution is -0.117. The number of carbonyl (C=O) groups excluding carboxylic acids is 2. The van der Waals surface area contributed by atoms with Gasteiger partial charge in [-0.2, -0.15) is 0 Å². The summed E-state index contributed by atoms with van der Waals surface area (Å²) in [6.45, 7) is 0. The van der Waals surface area contributed by atoms with Crippen molar-refractivity contribution in [3.63, 3.8) is 0 Å². The number of amides is 2. The van der Waals surface area contributed by atoms with Gasteiger partial charge in [0.1, 0.15) is 17.1 Å². The number of rotatable bonds is 4. The summed E-state index contributed by atoms with van der Waals surface area (Å²) in [5.74, 6) is -1.57. The van der Waals surface area contributed by atoms with E-state index in [9.17, 15) is 19.5 Å². The largest absolute Gasteiger partial charge is 0.478 e. The minimum Gasteiger partial charge on any atom is -0.478 e. The van der Waals surface area contributed by atoms with Crippen molar-refractivity contribution in [1.29, 1.82) is 0 Å². The maximum atomic E-state index is 12.7. The summed E-state index contributed by atoms with van der Waals surface area (Å²) in [7, 11) is 0. The predicted octanol–water partition coefficient (Wildman–Crippen LogP) is 3.87. The van der Waals surface area contributed by atoms with Gasteiger partial charge in [-0.15, -0.1) is 0 Å². The number of hydrogen-bond acceptors (Lipinski definition) is 4. The fraction of sp³-hybridized carbons (Fsp3) is 0. The number of carbonyl (C=O) groups is 3. The summed E-state index contributed by atoms with van der Waals surface area (Å²) in [5.41, 5.74) is 3.44. The smallest absolute Gasteiger partial charge is 0.336 e. The minimum absolute atomic E-state index is 0.0857. The minimum atomic E-state index is -1.08. The third-order valence-corrected chi connectivity index (χ3v) is 4.79. The Hall–Kier alpha value is -3.65. The third-order valence-electron chi connectivity index (χ3n) is 4.29. The van der Waals surface area contributed by atoms with Crippen LogP contribution in [0.25, 0.3) is 17.4 Å². The van der Waals surface area contributed by atoms with E-state index in [-0.39, 0.29) is 16.9 Å². The highest BCUT2D eigenvalue weighted by Crippen LogP contribution is 2.28. The number of furan rings is 1. The van der Waals surface area contributed by atoms with Gasteiger partial charge in [0.25, 0.3) is 11.8 Å². The van der Waals surface area contributed by atoms with Gasteiger partial charge < -0.3 is 9.52 Å². The molecule has 0 aliphatic carbocycles. The second kappa shape index (κ2) is 7.40. The monoisotopic (exact) mass is 452 g/mol. The molecule has 2 aromatic carbocycles. The van der Waals surface area contributed by atoms with Crippen molar-refractivity contribution in [2.75, 3.05) is 5.01 Å². The molecule has 144 valence electrons. The molecule has 2 amide bonds. The quantitative estimate of drug-likeness (QED) is 0.462. The molecule has 2 heterocycles. The van der Waals surface area contributed by atoms with E-state index in [0.29, 0.717) is 17.0 Å². The highest BCUT2D eigenvalue weighted by Gasteiger charge is 2.34. The lowest BCUT2D eigenvalue weighted by Gasteiger charge is -2.14. The number of hydrogen-bond donors (Lipinski definition) is 2. The number of aromatic carboxylic acids is 1. The molecule has 0 saturated carbocycles. The van der Waals surface area contributed by atoms with Crippen LogP contribution in [0.4, 0.5) is 5.69 Å². The molecule has 3 aromatic rings. The second-order valence-electron chi connectivity index (χ2n) is 6.17. The normalized spacial score (nSPS) is 15.1. The van der Waals surface area contributed by atoms with Crippen molar-refractivity contribution in [2.45, 2.75) is 0 Å². The van der Waals surface area contributed by atoms with Crippen molar-refractivity contribution in [2.24, 2.45) is 0 Å². The number of halogens is 1. The molecule has 1 aromatic heterocycles. The molecule has 29 heavy (non-hydrogen) atoms. The maximum absolute atomic E-state index is 12.7. The van der Waals surface area contributed by atoms with Gasteiger partial charge >= 0.3 is 5.97 Å². The number of nitrogens with one attached hydrogen (secondary N) is 1. The van der Waals surface area contributed by atoms with Crippen LogP contribution in [0.5, 0.6) is 0 Å². The number of carboxylic acid groups (broad SMARTS) is 1. The molecule has 1 saturated heterocycles. The third kappa shape index (κ3) is 3.57. The zero-order valence-electron chi connectivity index (χ0n) is 14.8. The molecule has 0 unspecified atom stereocenters. The van der Waals surface area contributed by atoms with Gasteiger partial charge in [0.2, 0.25) is 0 Å². The first-order valence-corrected chi connectivity index (χ1v) is 9.28. The number of nitrogens with zero attached hydrogens (tertiary/aromatic N) is 1. The standard InChI is InChI=1S/C21H13BrN2O5/c22-12-4-3-5-13(10-12)24-20(26)17(19(25)23-24)11-14-8-9-18(29-14)15-6-1-2-7-16(15)21(27)28/h1-11H,(H,23,25)(H,27,28)/b17-11+. The van der Waals surface area contributed by atoms with Gasteiger partial charge in [-0.3, -0.25) is 15.0 Å².